The molecule has 0 amide bonds. The predicted molar refractivity (Wildman–Crippen MR) is 56.2 cm³/mol. The molecule has 1 aromatic rings. The van der Waals surface area contributed by atoms with E-state index < -0.39 is 0 Å². The highest BCUT2D eigenvalue weighted by molar-refractivity contribution is 5.80. The van der Waals surface area contributed by atoms with E-state index >= 15 is 0 Å². The highest BCUT2D eigenvalue weighted by Gasteiger charge is 2.31. The first-order chi connectivity index (χ1) is 6.79. The molecule has 0 aliphatic carbocycles. The number of carbonyl (C=O) groups is 1. The predicted octanol–water partition coefficient (Wildman–Crippen LogP) is 1.58. The van der Waals surface area contributed by atoms with Crippen LogP contribution in [0.4, 0.5) is 0 Å². The third kappa shape index (κ3) is 1.70. The van der Waals surface area contributed by atoms with Crippen LogP contribution in [0.5, 0.6) is 0 Å². The van der Waals surface area contributed by atoms with Gasteiger partial charge in [0.05, 0.1) is 0 Å². The van der Waals surface area contributed by atoms with Crippen molar-refractivity contribution < 1.29 is 4.79 Å². The fourth-order valence-corrected chi connectivity index (χ4v) is 2.16. The molecular weight excluding hydrogens is 174 g/mol. The topological polar surface area (TPSA) is 29.1 Å². The van der Waals surface area contributed by atoms with Gasteiger partial charge in [0.2, 0.25) is 0 Å². The van der Waals surface area contributed by atoms with Gasteiger partial charge in [-0.2, -0.15) is 0 Å². The fourth-order valence-electron chi connectivity index (χ4n) is 2.16. The summed E-state index contributed by atoms with van der Waals surface area (Å²) in [7, 11) is 0. The maximum absolute atomic E-state index is 11.4. The molecule has 1 heterocycles. The number of rotatable bonds is 2. The lowest BCUT2D eigenvalue weighted by Crippen LogP contribution is -2.18. The second kappa shape index (κ2) is 3.93. The average Bonchev–Trinajstić information content (AvgIpc) is 2.67. The third-order valence-corrected chi connectivity index (χ3v) is 2.96. The molecule has 2 rings (SSSR count). The van der Waals surface area contributed by atoms with Gasteiger partial charge in [-0.25, -0.2) is 0 Å². The number of ketones is 1. The zero-order valence-electron chi connectivity index (χ0n) is 8.36. The van der Waals surface area contributed by atoms with E-state index in [0.717, 1.165) is 13.1 Å². The van der Waals surface area contributed by atoms with Crippen LogP contribution in [0.15, 0.2) is 30.3 Å². The maximum Gasteiger partial charge on any atom is 0.134 e. The molecule has 0 radical (unpaired) electrons. The van der Waals surface area contributed by atoms with Gasteiger partial charge in [0, 0.05) is 24.9 Å². The molecule has 0 aromatic heterocycles. The Labute approximate surface area is 84.3 Å². The minimum atomic E-state index is 0.164. The number of benzene rings is 1. The molecule has 1 fully saturated rings. The van der Waals surface area contributed by atoms with Gasteiger partial charge in [-0.15, -0.1) is 0 Å². The third-order valence-electron chi connectivity index (χ3n) is 2.96. The Bertz CT molecular complexity index is 320. The number of hydrogen-bond donors (Lipinski definition) is 1. The molecule has 2 heteroatoms. The monoisotopic (exact) mass is 189 g/mol. The van der Waals surface area contributed by atoms with Gasteiger partial charge in [-0.3, -0.25) is 4.79 Å². The van der Waals surface area contributed by atoms with Crippen molar-refractivity contribution >= 4 is 5.78 Å². The number of nitrogens with one attached hydrogen (secondary N) is 1. The molecule has 0 saturated carbocycles. The minimum Gasteiger partial charge on any atom is -0.315 e. The molecule has 2 atom stereocenters. The SMILES string of the molecule is CC(=O)[C@@H]1CNC[C@H]1c1ccccc1. The number of Topliss-reactive ketones (excluding diaryl/α,β-unsaturated/α-hetero) is 1. The first kappa shape index (κ1) is 9.41. The van der Waals surface area contributed by atoms with Crippen molar-refractivity contribution in [1.82, 2.24) is 5.32 Å². The van der Waals surface area contributed by atoms with E-state index in [4.69, 9.17) is 0 Å². The summed E-state index contributed by atoms with van der Waals surface area (Å²) in [5.41, 5.74) is 1.28. The van der Waals surface area contributed by atoms with Crippen LogP contribution < -0.4 is 5.32 Å². The molecular formula is C12H15NO. The summed E-state index contributed by atoms with van der Waals surface area (Å²) >= 11 is 0. The molecule has 2 nitrogen and oxygen atoms in total. The van der Waals surface area contributed by atoms with E-state index in [0.29, 0.717) is 11.7 Å². The largest absolute Gasteiger partial charge is 0.315 e. The Morgan fingerprint density at radius 3 is 2.64 bits per heavy atom. The molecule has 1 aliphatic heterocycles. The van der Waals surface area contributed by atoms with Gasteiger partial charge in [-0.1, -0.05) is 30.3 Å². The summed E-state index contributed by atoms with van der Waals surface area (Å²) in [6.07, 6.45) is 0. The van der Waals surface area contributed by atoms with Crippen LogP contribution in [-0.4, -0.2) is 18.9 Å². The van der Waals surface area contributed by atoms with Crippen molar-refractivity contribution in [1.29, 1.82) is 0 Å². The summed E-state index contributed by atoms with van der Waals surface area (Å²) < 4.78 is 0. The van der Waals surface area contributed by atoms with E-state index in [1.165, 1.54) is 5.56 Å². The summed E-state index contributed by atoms with van der Waals surface area (Å²) in [5.74, 6) is 0.829. The normalized spacial score (nSPS) is 26.4. The Hall–Kier alpha value is -1.15. The van der Waals surface area contributed by atoms with E-state index in [-0.39, 0.29) is 5.92 Å². The highest BCUT2D eigenvalue weighted by Crippen LogP contribution is 2.28. The van der Waals surface area contributed by atoms with Gasteiger partial charge in [0.25, 0.3) is 0 Å². The molecule has 14 heavy (non-hydrogen) atoms. The molecule has 74 valence electrons. The van der Waals surface area contributed by atoms with Crippen LogP contribution in [0.1, 0.15) is 18.4 Å². The molecule has 0 spiro atoms. The minimum absolute atomic E-state index is 0.164. The fraction of sp³-hybridized carbons (Fsp3) is 0.417. The highest BCUT2D eigenvalue weighted by atomic mass is 16.1. The second-order valence-corrected chi connectivity index (χ2v) is 3.89. The smallest absolute Gasteiger partial charge is 0.134 e. The van der Waals surface area contributed by atoms with Gasteiger partial charge < -0.3 is 5.32 Å². The van der Waals surface area contributed by atoms with E-state index in [2.05, 4.69) is 17.4 Å². The average molecular weight is 189 g/mol. The molecule has 1 saturated heterocycles. The Morgan fingerprint density at radius 2 is 2.00 bits per heavy atom. The lowest BCUT2D eigenvalue weighted by molar-refractivity contribution is -0.120. The summed E-state index contributed by atoms with van der Waals surface area (Å²) in [5, 5.41) is 3.28. The van der Waals surface area contributed by atoms with Crippen molar-refractivity contribution in [2.24, 2.45) is 5.92 Å². The van der Waals surface area contributed by atoms with Crippen LogP contribution >= 0.6 is 0 Å². The summed E-state index contributed by atoms with van der Waals surface area (Å²) in [6.45, 7) is 3.44. The Kier molecular flexibility index (Phi) is 2.64. The van der Waals surface area contributed by atoms with Crippen LogP contribution in [-0.2, 0) is 4.79 Å². The second-order valence-electron chi connectivity index (χ2n) is 3.89. The molecule has 0 bridgehead atoms. The summed E-state index contributed by atoms with van der Waals surface area (Å²) in [6, 6.07) is 10.3. The van der Waals surface area contributed by atoms with Crippen LogP contribution in [0.25, 0.3) is 0 Å². The van der Waals surface area contributed by atoms with Gasteiger partial charge in [0.1, 0.15) is 5.78 Å². The van der Waals surface area contributed by atoms with Crippen molar-refractivity contribution in [3.05, 3.63) is 35.9 Å². The molecule has 0 unspecified atom stereocenters. The molecule has 1 N–H and O–H groups in total. The van der Waals surface area contributed by atoms with E-state index in [9.17, 15) is 4.79 Å². The number of carbonyl (C=O) groups excluding carboxylic acids is 1. The molecule has 1 aliphatic rings. The van der Waals surface area contributed by atoms with Gasteiger partial charge >= 0.3 is 0 Å². The standard InChI is InChI=1S/C12H15NO/c1-9(14)11-7-13-8-12(11)10-5-3-2-4-6-10/h2-6,11-13H,7-8H2,1H3/t11-,12-/m0/s1. The van der Waals surface area contributed by atoms with Crippen LogP contribution in [0, 0.1) is 5.92 Å². The first-order valence-electron chi connectivity index (χ1n) is 5.05. The van der Waals surface area contributed by atoms with E-state index in [1.807, 2.05) is 18.2 Å². The van der Waals surface area contributed by atoms with Crippen molar-refractivity contribution in [3.63, 3.8) is 0 Å². The zero-order chi connectivity index (χ0) is 9.97. The summed E-state index contributed by atoms with van der Waals surface area (Å²) in [4.78, 5) is 11.4. The van der Waals surface area contributed by atoms with Crippen molar-refractivity contribution in [2.75, 3.05) is 13.1 Å². The number of hydrogen-bond acceptors (Lipinski definition) is 2. The lowest BCUT2D eigenvalue weighted by atomic mass is 9.87. The quantitative estimate of drug-likeness (QED) is 0.765. The van der Waals surface area contributed by atoms with Crippen LogP contribution in [0.2, 0.25) is 0 Å². The van der Waals surface area contributed by atoms with Crippen molar-refractivity contribution in [3.8, 4) is 0 Å². The first-order valence-corrected chi connectivity index (χ1v) is 5.05. The van der Waals surface area contributed by atoms with Crippen LogP contribution in [0.3, 0.4) is 0 Å². The van der Waals surface area contributed by atoms with Gasteiger partial charge in [-0.05, 0) is 12.5 Å². The Balaban J connectivity index is 2.22. The molecule has 1 aromatic carbocycles. The van der Waals surface area contributed by atoms with E-state index in [1.54, 1.807) is 6.92 Å². The maximum atomic E-state index is 11.4. The van der Waals surface area contributed by atoms with Crippen molar-refractivity contribution in [2.45, 2.75) is 12.8 Å². The Morgan fingerprint density at radius 1 is 1.29 bits per heavy atom. The van der Waals surface area contributed by atoms with Gasteiger partial charge in [0.15, 0.2) is 0 Å². The zero-order valence-corrected chi connectivity index (χ0v) is 8.36. The lowest BCUT2D eigenvalue weighted by Gasteiger charge is -2.15.